The van der Waals surface area contributed by atoms with Gasteiger partial charge in [0.05, 0.1) is 11.0 Å². The van der Waals surface area contributed by atoms with Crippen molar-refractivity contribution in [3.63, 3.8) is 0 Å². The highest BCUT2D eigenvalue weighted by molar-refractivity contribution is 6.11. The maximum atomic E-state index is 2.44. The van der Waals surface area contributed by atoms with Crippen molar-refractivity contribution in [2.75, 3.05) is 4.90 Å². The molecule has 0 aliphatic rings. The second-order valence-corrected chi connectivity index (χ2v) is 13.8. The molecule has 0 atom stereocenters. The van der Waals surface area contributed by atoms with Gasteiger partial charge in [-0.2, -0.15) is 0 Å². The van der Waals surface area contributed by atoms with Crippen LogP contribution in [0.25, 0.3) is 71.6 Å². The number of fused-ring (bicyclic) bond motifs is 4. The smallest absolute Gasteiger partial charge is 0.0561 e. The van der Waals surface area contributed by atoms with Gasteiger partial charge in [0.15, 0.2) is 0 Å². The SMILES string of the molecule is c1ccc(-c2cccc(-n3c4cc(-c5ccccc5)ccc4c4ccc(N(c5ccccc5)c5ccc(-c6ccc7ccccc7c6)cc5)cc43)c2)cc1. The summed E-state index contributed by atoms with van der Waals surface area (Å²) >= 11 is 0. The van der Waals surface area contributed by atoms with E-state index in [0.29, 0.717) is 0 Å². The summed E-state index contributed by atoms with van der Waals surface area (Å²) in [7, 11) is 0. The molecule has 0 saturated carbocycles. The lowest BCUT2D eigenvalue weighted by Gasteiger charge is -2.26. The molecule has 0 fully saturated rings. The highest BCUT2D eigenvalue weighted by Crippen LogP contribution is 2.41. The van der Waals surface area contributed by atoms with E-state index >= 15 is 0 Å². The molecule has 0 N–H and O–H groups in total. The van der Waals surface area contributed by atoms with E-state index in [1.165, 1.54) is 60.4 Å². The van der Waals surface area contributed by atoms with Crippen molar-refractivity contribution in [2.24, 2.45) is 0 Å². The lowest BCUT2D eigenvalue weighted by Crippen LogP contribution is -2.10. The average Bonchev–Trinajstić information content (AvgIpc) is 3.58. The van der Waals surface area contributed by atoms with Crippen LogP contribution in [0.5, 0.6) is 0 Å². The molecule has 10 aromatic rings. The van der Waals surface area contributed by atoms with Crippen molar-refractivity contribution in [1.82, 2.24) is 4.57 Å². The molecule has 0 bridgehead atoms. The summed E-state index contributed by atoms with van der Waals surface area (Å²) in [6, 6.07) is 78.9. The van der Waals surface area contributed by atoms with Gasteiger partial charge >= 0.3 is 0 Å². The second kappa shape index (κ2) is 13.4. The number of hydrogen-bond donors (Lipinski definition) is 0. The van der Waals surface area contributed by atoms with Gasteiger partial charge in [0, 0.05) is 33.5 Å². The Kier molecular flexibility index (Phi) is 7.85. The number of para-hydroxylation sites is 1. The van der Waals surface area contributed by atoms with E-state index in [0.717, 1.165) is 28.3 Å². The fraction of sp³-hybridized carbons (Fsp3) is 0. The summed E-state index contributed by atoms with van der Waals surface area (Å²) < 4.78 is 2.44. The van der Waals surface area contributed by atoms with Crippen LogP contribution in [0.2, 0.25) is 0 Å². The summed E-state index contributed by atoms with van der Waals surface area (Å²) in [6.45, 7) is 0. The zero-order chi connectivity index (χ0) is 35.8. The summed E-state index contributed by atoms with van der Waals surface area (Å²) in [5.74, 6) is 0. The van der Waals surface area contributed by atoms with Crippen molar-refractivity contribution in [3.8, 4) is 39.1 Å². The van der Waals surface area contributed by atoms with E-state index in [2.05, 4.69) is 228 Å². The van der Waals surface area contributed by atoms with Gasteiger partial charge in [-0.3, -0.25) is 0 Å². The topological polar surface area (TPSA) is 8.17 Å². The molecule has 0 unspecified atom stereocenters. The Hall–Kier alpha value is -7.16. The van der Waals surface area contributed by atoms with Crippen LogP contribution in [0.3, 0.4) is 0 Å². The number of hydrogen-bond acceptors (Lipinski definition) is 1. The highest BCUT2D eigenvalue weighted by Gasteiger charge is 2.19. The second-order valence-electron chi connectivity index (χ2n) is 13.8. The number of anilines is 3. The zero-order valence-electron chi connectivity index (χ0n) is 29.7. The van der Waals surface area contributed by atoms with Gasteiger partial charge in [0.25, 0.3) is 0 Å². The van der Waals surface area contributed by atoms with E-state index < -0.39 is 0 Å². The third kappa shape index (κ3) is 5.71. The van der Waals surface area contributed by atoms with Crippen LogP contribution < -0.4 is 4.90 Å². The van der Waals surface area contributed by atoms with Crippen molar-refractivity contribution in [3.05, 3.63) is 218 Å². The Morgan fingerprint density at radius 3 is 1.48 bits per heavy atom. The largest absolute Gasteiger partial charge is 0.310 e. The Morgan fingerprint density at radius 1 is 0.278 bits per heavy atom. The molecule has 254 valence electrons. The molecular weight excluding hydrogens is 653 g/mol. The third-order valence-corrected chi connectivity index (χ3v) is 10.6. The zero-order valence-corrected chi connectivity index (χ0v) is 29.7. The van der Waals surface area contributed by atoms with Gasteiger partial charge in [0.2, 0.25) is 0 Å². The molecule has 1 aromatic heterocycles. The third-order valence-electron chi connectivity index (χ3n) is 10.6. The normalized spacial score (nSPS) is 11.3. The minimum atomic E-state index is 1.10. The highest BCUT2D eigenvalue weighted by atomic mass is 15.1. The van der Waals surface area contributed by atoms with E-state index in [9.17, 15) is 0 Å². The summed E-state index contributed by atoms with van der Waals surface area (Å²) in [4.78, 5) is 2.36. The van der Waals surface area contributed by atoms with Crippen LogP contribution >= 0.6 is 0 Å². The fourth-order valence-electron chi connectivity index (χ4n) is 7.89. The number of rotatable bonds is 7. The molecule has 2 nitrogen and oxygen atoms in total. The predicted molar refractivity (Wildman–Crippen MR) is 229 cm³/mol. The van der Waals surface area contributed by atoms with Crippen molar-refractivity contribution in [1.29, 1.82) is 0 Å². The van der Waals surface area contributed by atoms with Gasteiger partial charge in [-0.05, 0) is 105 Å². The Bertz CT molecular complexity index is 2910. The van der Waals surface area contributed by atoms with Gasteiger partial charge < -0.3 is 9.47 Å². The average molecular weight is 689 g/mol. The molecule has 1 heterocycles. The maximum absolute atomic E-state index is 2.44. The molecule has 9 aromatic carbocycles. The van der Waals surface area contributed by atoms with Gasteiger partial charge in [-0.25, -0.2) is 0 Å². The fourth-order valence-corrected chi connectivity index (χ4v) is 7.89. The first-order chi connectivity index (χ1) is 26.8. The predicted octanol–water partition coefficient (Wildman–Crippen LogP) is 14.4. The number of nitrogens with zero attached hydrogens (tertiary/aromatic N) is 2. The number of aromatic nitrogens is 1. The minimum Gasteiger partial charge on any atom is -0.310 e. The quantitative estimate of drug-likeness (QED) is 0.162. The van der Waals surface area contributed by atoms with Crippen LogP contribution in [-0.4, -0.2) is 4.57 Å². The molecule has 0 aliphatic heterocycles. The standard InChI is InChI=1S/C52H36N2/c1-4-13-37(14-5-1)42-19-12-22-47(34-42)54-51-35-44(38-15-6-2-7-16-38)27-31-49(51)50-32-30-48(36-52(50)54)53(45-20-8-3-9-21-45)46-28-25-40(26-29-46)43-24-23-39-17-10-11-18-41(39)33-43/h1-36H. The van der Waals surface area contributed by atoms with Crippen LogP contribution in [0.1, 0.15) is 0 Å². The Balaban J connectivity index is 1.15. The first kappa shape index (κ1) is 31.6. The van der Waals surface area contributed by atoms with Gasteiger partial charge in [-0.1, -0.05) is 158 Å². The minimum absolute atomic E-state index is 1.10. The van der Waals surface area contributed by atoms with E-state index in [4.69, 9.17) is 0 Å². The molecule has 0 radical (unpaired) electrons. The van der Waals surface area contributed by atoms with Crippen molar-refractivity contribution in [2.45, 2.75) is 0 Å². The van der Waals surface area contributed by atoms with Crippen molar-refractivity contribution < 1.29 is 0 Å². The van der Waals surface area contributed by atoms with Crippen LogP contribution in [-0.2, 0) is 0 Å². The Labute approximate surface area is 315 Å². The van der Waals surface area contributed by atoms with E-state index in [1.807, 2.05) is 0 Å². The summed E-state index contributed by atoms with van der Waals surface area (Å²) in [5, 5.41) is 4.95. The van der Waals surface area contributed by atoms with Crippen LogP contribution in [0.15, 0.2) is 218 Å². The van der Waals surface area contributed by atoms with Crippen LogP contribution in [0, 0.1) is 0 Å². The first-order valence-corrected chi connectivity index (χ1v) is 18.5. The van der Waals surface area contributed by atoms with Gasteiger partial charge in [-0.15, -0.1) is 0 Å². The van der Waals surface area contributed by atoms with Gasteiger partial charge in [0.1, 0.15) is 0 Å². The maximum Gasteiger partial charge on any atom is 0.0561 e. The lowest BCUT2D eigenvalue weighted by molar-refractivity contribution is 1.18. The van der Waals surface area contributed by atoms with Crippen molar-refractivity contribution >= 4 is 49.6 Å². The number of benzene rings is 9. The summed E-state index contributed by atoms with van der Waals surface area (Å²) in [6.07, 6.45) is 0. The Morgan fingerprint density at radius 2 is 0.759 bits per heavy atom. The molecule has 54 heavy (non-hydrogen) atoms. The molecule has 0 saturated heterocycles. The monoisotopic (exact) mass is 688 g/mol. The first-order valence-electron chi connectivity index (χ1n) is 18.5. The lowest BCUT2D eigenvalue weighted by atomic mass is 10.0. The molecule has 0 aliphatic carbocycles. The molecular formula is C52H36N2. The van der Waals surface area contributed by atoms with E-state index in [-0.39, 0.29) is 0 Å². The van der Waals surface area contributed by atoms with Crippen LogP contribution in [0.4, 0.5) is 17.1 Å². The molecule has 2 heteroatoms. The molecule has 0 amide bonds. The summed E-state index contributed by atoms with van der Waals surface area (Å²) in [5.41, 5.74) is 14.0. The molecule has 0 spiro atoms. The van der Waals surface area contributed by atoms with E-state index in [1.54, 1.807) is 0 Å². The molecule has 10 rings (SSSR count).